The quantitative estimate of drug-likeness (QED) is 0.382. The van der Waals surface area contributed by atoms with Crippen molar-refractivity contribution in [3.8, 4) is 11.5 Å². The maximum atomic E-state index is 6.71. The maximum absolute atomic E-state index is 6.71. The first-order valence-corrected chi connectivity index (χ1v) is 12.8. The van der Waals surface area contributed by atoms with Crippen molar-refractivity contribution in [2.45, 2.75) is 43.6 Å². The summed E-state index contributed by atoms with van der Waals surface area (Å²) >= 11 is 8.53. The van der Waals surface area contributed by atoms with Crippen molar-refractivity contribution in [3.63, 3.8) is 0 Å². The van der Waals surface area contributed by atoms with Crippen molar-refractivity contribution in [2.75, 3.05) is 45.3 Å². The van der Waals surface area contributed by atoms with Gasteiger partial charge in [-0.25, -0.2) is 4.98 Å². The molecule has 0 spiro atoms. The number of anilines is 1. The molecule has 2 heterocycles. The number of halogens is 1. The van der Waals surface area contributed by atoms with Gasteiger partial charge in [0.05, 0.1) is 41.5 Å². The molecule has 33 heavy (non-hydrogen) atoms. The summed E-state index contributed by atoms with van der Waals surface area (Å²) in [6.45, 7) is 8.93. The van der Waals surface area contributed by atoms with E-state index in [-0.39, 0.29) is 0 Å². The van der Waals surface area contributed by atoms with E-state index in [1.807, 2.05) is 36.0 Å². The summed E-state index contributed by atoms with van der Waals surface area (Å²) in [4.78, 5) is 13.1. The minimum atomic E-state index is 0.579. The zero-order valence-electron chi connectivity index (χ0n) is 19.9. The van der Waals surface area contributed by atoms with Gasteiger partial charge >= 0.3 is 0 Å². The summed E-state index contributed by atoms with van der Waals surface area (Å²) in [5.74, 6) is 1.73. The number of fused-ring (bicyclic) bond motifs is 1. The molecule has 6 nitrogen and oxygen atoms in total. The molecule has 2 aromatic carbocycles. The number of H-pyrrole nitrogens is 1. The molecule has 1 aliphatic heterocycles. The van der Waals surface area contributed by atoms with Crippen molar-refractivity contribution in [1.29, 1.82) is 0 Å². The number of aromatic nitrogens is 2. The number of piperazine rings is 1. The van der Waals surface area contributed by atoms with Gasteiger partial charge in [-0.05, 0) is 37.1 Å². The third-order valence-corrected chi connectivity index (χ3v) is 8.06. The van der Waals surface area contributed by atoms with Gasteiger partial charge in [0, 0.05) is 38.0 Å². The predicted molar refractivity (Wildman–Crippen MR) is 138 cm³/mol. The van der Waals surface area contributed by atoms with Crippen LogP contribution in [0.4, 0.5) is 5.69 Å². The van der Waals surface area contributed by atoms with Crippen LogP contribution in [0.3, 0.4) is 0 Å². The number of rotatable bonds is 9. The standard InChI is InChI=1S/C25H33ClN4O2S/c1-5-17(6-2)33-25-27-20-14-19(26)22(15-21(20)28-25)30-12-10-29(11-13-30)16-18-23(31-3)8-7-9-24(18)32-4/h7-9,14-15,17H,5-6,10-13,16H2,1-4H3,(H,27,28). The Morgan fingerprint density at radius 2 is 1.73 bits per heavy atom. The van der Waals surface area contributed by atoms with Crippen LogP contribution in [0, 0.1) is 0 Å². The second kappa shape index (κ2) is 10.9. The molecule has 178 valence electrons. The molecule has 4 rings (SSSR count). The molecule has 0 atom stereocenters. The molecule has 8 heteroatoms. The van der Waals surface area contributed by atoms with Gasteiger partial charge in [0.15, 0.2) is 5.16 Å². The molecule has 0 radical (unpaired) electrons. The maximum Gasteiger partial charge on any atom is 0.166 e. The molecule has 0 saturated carbocycles. The fraction of sp³-hybridized carbons (Fsp3) is 0.480. The molecule has 0 aliphatic carbocycles. The smallest absolute Gasteiger partial charge is 0.166 e. The van der Waals surface area contributed by atoms with Crippen LogP contribution in [-0.2, 0) is 6.54 Å². The molecular weight excluding hydrogens is 456 g/mol. The first-order chi connectivity index (χ1) is 16.1. The molecule has 1 fully saturated rings. The van der Waals surface area contributed by atoms with Gasteiger partial charge in [-0.15, -0.1) is 0 Å². The molecule has 1 N–H and O–H groups in total. The summed E-state index contributed by atoms with van der Waals surface area (Å²) in [5, 5.41) is 2.32. The number of thioether (sulfide) groups is 1. The third kappa shape index (κ3) is 5.36. The van der Waals surface area contributed by atoms with Crippen LogP contribution in [-0.4, -0.2) is 60.5 Å². The Morgan fingerprint density at radius 3 is 2.33 bits per heavy atom. The summed E-state index contributed by atoms with van der Waals surface area (Å²) in [6.07, 6.45) is 2.27. The molecule has 0 amide bonds. The van der Waals surface area contributed by atoms with Crippen LogP contribution in [0.25, 0.3) is 11.0 Å². The van der Waals surface area contributed by atoms with Gasteiger partial charge in [-0.3, -0.25) is 4.90 Å². The highest BCUT2D eigenvalue weighted by Crippen LogP contribution is 2.34. The number of nitrogens with one attached hydrogen (secondary N) is 1. The number of nitrogens with zero attached hydrogens (tertiary/aromatic N) is 3. The van der Waals surface area contributed by atoms with Crippen LogP contribution in [0.15, 0.2) is 35.5 Å². The summed E-state index contributed by atoms with van der Waals surface area (Å²) < 4.78 is 11.1. The lowest BCUT2D eigenvalue weighted by atomic mass is 10.1. The van der Waals surface area contributed by atoms with E-state index >= 15 is 0 Å². The van der Waals surface area contributed by atoms with Crippen molar-refractivity contribution in [1.82, 2.24) is 14.9 Å². The first kappa shape index (κ1) is 24.0. The van der Waals surface area contributed by atoms with E-state index < -0.39 is 0 Å². The monoisotopic (exact) mass is 488 g/mol. The molecule has 1 aromatic heterocycles. The minimum Gasteiger partial charge on any atom is -0.496 e. The highest BCUT2D eigenvalue weighted by Gasteiger charge is 2.22. The number of ether oxygens (including phenoxy) is 2. The Hall–Kier alpha value is -2.09. The first-order valence-electron chi connectivity index (χ1n) is 11.6. The van der Waals surface area contributed by atoms with Gasteiger partial charge in [-0.2, -0.15) is 0 Å². The van der Waals surface area contributed by atoms with Gasteiger partial charge in [0.1, 0.15) is 11.5 Å². The van der Waals surface area contributed by atoms with Crippen LogP contribution >= 0.6 is 23.4 Å². The number of aromatic amines is 1. The minimum absolute atomic E-state index is 0.579. The zero-order valence-corrected chi connectivity index (χ0v) is 21.4. The lowest BCUT2D eigenvalue weighted by Crippen LogP contribution is -2.46. The van der Waals surface area contributed by atoms with Gasteiger partial charge in [0.25, 0.3) is 0 Å². The second-order valence-electron chi connectivity index (χ2n) is 8.32. The molecule has 1 aliphatic rings. The van der Waals surface area contributed by atoms with Crippen molar-refractivity contribution in [2.24, 2.45) is 0 Å². The Morgan fingerprint density at radius 1 is 1.06 bits per heavy atom. The second-order valence-corrected chi connectivity index (χ2v) is 10.0. The lowest BCUT2D eigenvalue weighted by Gasteiger charge is -2.36. The molecule has 3 aromatic rings. The van der Waals surface area contributed by atoms with Gasteiger partial charge in [-0.1, -0.05) is 43.3 Å². The largest absolute Gasteiger partial charge is 0.496 e. The Bertz CT molecular complexity index is 1060. The Kier molecular flexibility index (Phi) is 7.94. The number of hydrogen-bond acceptors (Lipinski definition) is 6. The van der Waals surface area contributed by atoms with Crippen molar-refractivity contribution >= 4 is 40.1 Å². The molecule has 1 saturated heterocycles. The number of methoxy groups -OCH3 is 2. The average Bonchev–Trinajstić information content (AvgIpc) is 3.23. The van der Waals surface area contributed by atoms with E-state index in [0.717, 1.165) is 89.5 Å². The fourth-order valence-electron chi connectivity index (χ4n) is 4.36. The molecule has 0 unspecified atom stereocenters. The number of hydrogen-bond donors (Lipinski definition) is 1. The summed E-state index contributed by atoms with van der Waals surface area (Å²) in [5.41, 5.74) is 4.13. The lowest BCUT2D eigenvalue weighted by molar-refractivity contribution is 0.242. The fourth-order valence-corrected chi connectivity index (χ4v) is 5.61. The van der Waals surface area contributed by atoms with Crippen LogP contribution in [0.5, 0.6) is 11.5 Å². The normalized spacial score (nSPS) is 14.9. The van der Waals surface area contributed by atoms with E-state index in [1.165, 1.54) is 0 Å². The van der Waals surface area contributed by atoms with Crippen LogP contribution in [0.1, 0.15) is 32.3 Å². The number of benzene rings is 2. The van der Waals surface area contributed by atoms with E-state index in [1.54, 1.807) is 14.2 Å². The molecule has 0 bridgehead atoms. The van der Waals surface area contributed by atoms with Crippen LogP contribution in [0.2, 0.25) is 5.02 Å². The SMILES string of the molecule is CCC(CC)Sc1nc2cc(N3CCN(Cc4c(OC)cccc4OC)CC3)c(Cl)cc2[nH]1. The average molecular weight is 489 g/mol. The number of imidazole rings is 1. The van der Waals surface area contributed by atoms with E-state index in [9.17, 15) is 0 Å². The van der Waals surface area contributed by atoms with E-state index in [2.05, 4.69) is 34.7 Å². The summed E-state index contributed by atoms with van der Waals surface area (Å²) in [6, 6.07) is 10.1. The topological polar surface area (TPSA) is 53.6 Å². The zero-order chi connectivity index (χ0) is 23.4. The Balaban J connectivity index is 1.45. The van der Waals surface area contributed by atoms with Gasteiger partial charge < -0.3 is 19.4 Å². The molecular formula is C25H33ClN4O2S. The van der Waals surface area contributed by atoms with Crippen LogP contribution < -0.4 is 14.4 Å². The Labute approximate surface area is 205 Å². The van der Waals surface area contributed by atoms with E-state index in [4.69, 9.17) is 26.1 Å². The predicted octanol–water partition coefficient (Wildman–Crippen LogP) is 5.84. The van der Waals surface area contributed by atoms with Crippen molar-refractivity contribution < 1.29 is 9.47 Å². The highest BCUT2D eigenvalue weighted by molar-refractivity contribution is 7.99. The van der Waals surface area contributed by atoms with Crippen molar-refractivity contribution in [3.05, 3.63) is 40.9 Å². The highest BCUT2D eigenvalue weighted by atomic mass is 35.5. The van der Waals surface area contributed by atoms with E-state index in [0.29, 0.717) is 5.25 Å². The van der Waals surface area contributed by atoms with Gasteiger partial charge in [0.2, 0.25) is 0 Å². The summed E-state index contributed by atoms with van der Waals surface area (Å²) in [7, 11) is 3.41. The third-order valence-electron chi connectivity index (χ3n) is 6.34.